The van der Waals surface area contributed by atoms with Crippen LogP contribution in [0.15, 0.2) is 12.4 Å². The maximum atomic E-state index is 5.46. The van der Waals surface area contributed by atoms with Gasteiger partial charge in [0.25, 0.3) is 0 Å². The van der Waals surface area contributed by atoms with Crippen LogP contribution in [0.1, 0.15) is 33.6 Å². The summed E-state index contributed by atoms with van der Waals surface area (Å²) in [7, 11) is 0. The van der Waals surface area contributed by atoms with Gasteiger partial charge in [-0.15, -0.1) is 0 Å². The van der Waals surface area contributed by atoms with Crippen LogP contribution in [-0.2, 0) is 0 Å². The molecule has 0 aliphatic carbocycles. The second-order valence-electron chi connectivity index (χ2n) is 4.12. The monoisotopic (exact) mass is 208 g/mol. The molecule has 0 amide bonds. The van der Waals surface area contributed by atoms with E-state index in [1.54, 1.807) is 12.4 Å². The number of nitrogen functional groups attached to an aromatic ring is 1. The summed E-state index contributed by atoms with van der Waals surface area (Å²) in [5.74, 6) is 1.98. The van der Waals surface area contributed by atoms with Crippen molar-refractivity contribution in [3.8, 4) is 0 Å². The molecule has 1 rings (SSSR count). The van der Waals surface area contributed by atoms with Crippen LogP contribution in [0, 0.1) is 5.92 Å². The molecule has 0 aliphatic heterocycles. The van der Waals surface area contributed by atoms with Gasteiger partial charge in [0.05, 0.1) is 12.4 Å². The summed E-state index contributed by atoms with van der Waals surface area (Å²) in [5, 5.41) is 3.31. The van der Waals surface area contributed by atoms with Crippen LogP contribution < -0.4 is 11.1 Å². The highest BCUT2D eigenvalue weighted by Crippen LogP contribution is 2.13. The average Bonchev–Trinajstić information content (AvgIpc) is 2.21. The largest absolute Gasteiger partial charge is 0.382 e. The zero-order valence-corrected chi connectivity index (χ0v) is 9.70. The average molecular weight is 208 g/mol. The molecule has 1 aromatic heterocycles. The summed E-state index contributed by atoms with van der Waals surface area (Å²) in [4.78, 5) is 8.14. The zero-order valence-electron chi connectivity index (χ0n) is 9.70. The molecule has 1 aromatic rings. The third-order valence-electron chi connectivity index (χ3n) is 2.52. The smallest absolute Gasteiger partial charge is 0.144 e. The fourth-order valence-electron chi connectivity index (χ4n) is 1.49. The van der Waals surface area contributed by atoms with E-state index < -0.39 is 0 Å². The lowest BCUT2D eigenvalue weighted by atomic mass is 10.0. The molecule has 0 aromatic carbocycles. The molecule has 0 radical (unpaired) electrons. The van der Waals surface area contributed by atoms with Crippen LogP contribution >= 0.6 is 0 Å². The number of hydrogen-bond donors (Lipinski definition) is 2. The molecule has 0 saturated heterocycles. The van der Waals surface area contributed by atoms with E-state index in [2.05, 4.69) is 36.1 Å². The Kier molecular flexibility index (Phi) is 4.34. The Morgan fingerprint density at radius 1 is 1.33 bits per heavy atom. The van der Waals surface area contributed by atoms with E-state index in [0.29, 0.717) is 11.9 Å². The normalized spacial score (nSPS) is 14.6. The first-order valence-corrected chi connectivity index (χ1v) is 5.45. The third-order valence-corrected chi connectivity index (χ3v) is 2.52. The van der Waals surface area contributed by atoms with Gasteiger partial charge in [0.15, 0.2) is 0 Å². The Hall–Kier alpha value is -1.32. The van der Waals surface area contributed by atoms with E-state index >= 15 is 0 Å². The molecular weight excluding hydrogens is 188 g/mol. The van der Waals surface area contributed by atoms with Gasteiger partial charge in [0.2, 0.25) is 0 Å². The summed E-state index contributed by atoms with van der Waals surface area (Å²) in [5.41, 5.74) is 5.46. The van der Waals surface area contributed by atoms with E-state index in [4.69, 9.17) is 5.73 Å². The number of anilines is 2. The van der Waals surface area contributed by atoms with Gasteiger partial charge in [0.1, 0.15) is 11.6 Å². The second kappa shape index (κ2) is 5.53. The topological polar surface area (TPSA) is 63.8 Å². The minimum atomic E-state index is 0.415. The number of aromatic nitrogens is 2. The number of rotatable bonds is 5. The first kappa shape index (κ1) is 11.8. The van der Waals surface area contributed by atoms with Gasteiger partial charge >= 0.3 is 0 Å². The Bertz CT molecular complexity index is 283. The lowest BCUT2D eigenvalue weighted by Gasteiger charge is -2.17. The third kappa shape index (κ3) is 4.14. The van der Waals surface area contributed by atoms with Crippen LogP contribution in [0.4, 0.5) is 11.6 Å². The van der Waals surface area contributed by atoms with Crippen molar-refractivity contribution in [3.63, 3.8) is 0 Å². The Labute approximate surface area is 91.3 Å². The molecule has 0 aliphatic rings. The van der Waals surface area contributed by atoms with Crippen molar-refractivity contribution < 1.29 is 0 Å². The van der Waals surface area contributed by atoms with Gasteiger partial charge in [-0.3, -0.25) is 0 Å². The van der Waals surface area contributed by atoms with Gasteiger partial charge in [-0.05, 0) is 19.3 Å². The molecule has 3 N–H and O–H groups in total. The van der Waals surface area contributed by atoms with Gasteiger partial charge in [-0.25, -0.2) is 9.97 Å². The van der Waals surface area contributed by atoms with Gasteiger partial charge in [-0.2, -0.15) is 0 Å². The number of hydrogen-bond acceptors (Lipinski definition) is 4. The fraction of sp³-hybridized carbons (Fsp3) is 0.636. The fourth-order valence-corrected chi connectivity index (χ4v) is 1.49. The second-order valence-corrected chi connectivity index (χ2v) is 4.12. The highest BCUT2D eigenvalue weighted by molar-refractivity contribution is 5.36. The standard InChI is InChI=1S/C11H20N4/c1-4-8(2)5-9(3)15-11-7-13-10(12)6-14-11/h6-9H,4-5H2,1-3H3,(H2,12,13)(H,14,15). The molecule has 2 unspecified atom stereocenters. The van der Waals surface area contributed by atoms with Crippen molar-refractivity contribution in [2.24, 2.45) is 5.92 Å². The van der Waals surface area contributed by atoms with Gasteiger partial charge < -0.3 is 11.1 Å². The minimum absolute atomic E-state index is 0.415. The van der Waals surface area contributed by atoms with Crippen molar-refractivity contribution in [2.75, 3.05) is 11.1 Å². The Balaban J connectivity index is 2.44. The van der Waals surface area contributed by atoms with E-state index in [9.17, 15) is 0 Å². The molecule has 4 heteroatoms. The number of nitrogens with zero attached hydrogens (tertiary/aromatic N) is 2. The van der Waals surface area contributed by atoms with Gasteiger partial charge in [0, 0.05) is 6.04 Å². The lowest BCUT2D eigenvalue weighted by Crippen LogP contribution is -2.19. The summed E-state index contributed by atoms with van der Waals surface area (Å²) in [6, 6.07) is 0.415. The quantitative estimate of drug-likeness (QED) is 0.779. The molecule has 0 bridgehead atoms. The molecule has 0 spiro atoms. The zero-order chi connectivity index (χ0) is 11.3. The number of nitrogens with one attached hydrogen (secondary N) is 1. The van der Waals surface area contributed by atoms with E-state index in [0.717, 1.165) is 18.2 Å². The maximum Gasteiger partial charge on any atom is 0.144 e. The Morgan fingerprint density at radius 3 is 2.60 bits per heavy atom. The van der Waals surface area contributed by atoms with Crippen LogP contribution in [0.5, 0.6) is 0 Å². The summed E-state index contributed by atoms with van der Waals surface area (Å²) in [6.07, 6.45) is 5.59. The van der Waals surface area contributed by atoms with Crippen molar-refractivity contribution in [1.82, 2.24) is 9.97 Å². The first-order chi connectivity index (χ1) is 7.11. The predicted octanol–water partition coefficient (Wildman–Crippen LogP) is 2.30. The summed E-state index contributed by atoms with van der Waals surface area (Å²) >= 11 is 0. The molecule has 15 heavy (non-hydrogen) atoms. The SMILES string of the molecule is CCC(C)CC(C)Nc1cnc(N)cn1. The van der Waals surface area contributed by atoms with Crippen molar-refractivity contribution >= 4 is 11.6 Å². The van der Waals surface area contributed by atoms with Crippen LogP contribution in [0.25, 0.3) is 0 Å². The summed E-state index contributed by atoms with van der Waals surface area (Å²) in [6.45, 7) is 6.62. The molecule has 1 heterocycles. The lowest BCUT2D eigenvalue weighted by molar-refractivity contribution is 0.483. The first-order valence-electron chi connectivity index (χ1n) is 5.45. The molecule has 0 saturated carbocycles. The highest BCUT2D eigenvalue weighted by Gasteiger charge is 2.07. The Morgan fingerprint density at radius 2 is 2.07 bits per heavy atom. The van der Waals surface area contributed by atoms with Crippen molar-refractivity contribution in [2.45, 2.75) is 39.7 Å². The maximum absolute atomic E-state index is 5.46. The van der Waals surface area contributed by atoms with Crippen LogP contribution in [0.3, 0.4) is 0 Å². The van der Waals surface area contributed by atoms with Crippen LogP contribution in [-0.4, -0.2) is 16.0 Å². The molecule has 2 atom stereocenters. The van der Waals surface area contributed by atoms with E-state index in [-0.39, 0.29) is 0 Å². The van der Waals surface area contributed by atoms with Crippen molar-refractivity contribution in [1.29, 1.82) is 0 Å². The van der Waals surface area contributed by atoms with Crippen molar-refractivity contribution in [3.05, 3.63) is 12.4 Å². The highest BCUT2D eigenvalue weighted by atomic mass is 15.0. The molecule has 84 valence electrons. The van der Waals surface area contributed by atoms with E-state index in [1.165, 1.54) is 6.42 Å². The molecular formula is C11H20N4. The molecule has 4 nitrogen and oxygen atoms in total. The molecule has 0 fully saturated rings. The predicted molar refractivity (Wildman–Crippen MR) is 63.6 cm³/mol. The van der Waals surface area contributed by atoms with E-state index in [1.807, 2.05) is 0 Å². The number of nitrogens with two attached hydrogens (primary N) is 1. The van der Waals surface area contributed by atoms with Gasteiger partial charge in [-0.1, -0.05) is 20.3 Å². The van der Waals surface area contributed by atoms with Crippen LogP contribution in [0.2, 0.25) is 0 Å². The minimum Gasteiger partial charge on any atom is -0.382 e. The summed E-state index contributed by atoms with van der Waals surface area (Å²) < 4.78 is 0.